The van der Waals surface area contributed by atoms with Crippen molar-refractivity contribution >= 4 is 11.7 Å². The van der Waals surface area contributed by atoms with Crippen molar-refractivity contribution in [3.63, 3.8) is 0 Å². The number of carbonyl (C=O) groups excluding carboxylic acids is 2. The van der Waals surface area contributed by atoms with Crippen LogP contribution in [0.1, 0.15) is 27.8 Å². The average molecular weight is 240 g/mol. The fraction of sp³-hybridized carbons (Fsp3) is 0.455. The van der Waals surface area contributed by atoms with Gasteiger partial charge in [-0.2, -0.15) is 0 Å². The topological polar surface area (TPSA) is 91.4 Å². The normalized spacial score (nSPS) is 12.2. The lowest BCUT2D eigenvalue weighted by Crippen LogP contribution is -2.40. The number of amides is 1. The quantitative estimate of drug-likeness (QED) is 0.608. The first-order valence-electron chi connectivity index (χ1n) is 5.18. The molecular formula is C11H16N2O4. The van der Waals surface area contributed by atoms with Gasteiger partial charge in [0.15, 0.2) is 5.78 Å². The highest BCUT2D eigenvalue weighted by Gasteiger charge is 2.15. The van der Waals surface area contributed by atoms with E-state index in [-0.39, 0.29) is 30.6 Å². The Hall–Kier alpha value is -1.66. The molecule has 6 heteroatoms. The number of ketones is 1. The van der Waals surface area contributed by atoms with E-state index in [4.69, 9.17) is 9.84 Å². The standard InChI is InChI=1S/C11H16N2O4/c1-7(15)8-3-10(12-4-8)11(16)13-9(5-14)6-17-2/h3-4,9,12,14H,5-6H2,1-2H3,(H,13,16). The molecule has 1 heterocycles. The summed E-state index contributed by atoms with van der Waals surface area (Å²) in [5.74, 6) is -0.496. The minimum absolute atomic E-state index is 0.115. The molecule has 1 aromatic heterocycles. The maximum absolute atomic E-state index is 11.7. The molecule has 0 saturated carbocycles. The average Bonchev–Trinajstić information content (AvgIpc) is 2.77. The summed E-state index contributed by atoms with van der Waals surface area (Å²) < 4.78 is 4.84. The van der Waals surface area contributed by atoms with Crippen LogP contribution in [-0.4, -0.2) is 48.1 Å². The zero-order chi connectivity index (χ0) is 12.8. The summed E-state index contributed by atoms with van der Waals surface area (Å²) in [4.78, 5) is 25.5. The number of aromatic amines is 1. The van der Waals surface area contributed by atoms with Crippen LogP contribution in [0.15, 0.2) is 12.3 Å². The highest BCUT2D eigenvalue weighted by molar-refractivity contribution is 5.99. The lowest BCUT2D eigenvalue weighted by Gasteiger charge is -2.14. The number of rotatable bonds is 6. The second-order valence-corrected chi connectivity index (χ2v) is 3.67. The molecule has 1 rings (SSSR count). The fourth-order valence-corrected chi connectivity index (χ4v) is 1.33. The van der Waals surface area contributed by atoms with Crippen LogP contribution in [0.4, 0.5) is 0 Å². The van der Waals surface area contributed by atoms with Crippen LogP contribution in [0.5, 0.6) is 0 Å². The second kappa shape index (κ2) is 6.17. The zero-order valence-corrected chi connectivity index (χ0v) is 9.82. The summed E-state index contributed by atoms with van der Waals surface area (Å²) in [5, 5.41) is 11.6. The Morgan fingerprint density at radius 1 is 1.59 bits per heavy atom. The third-order valence-electron chi connectivity index (χ3n) is 2.26. The highest BCUT2D eigenvalue weighted by Crippen LogP contribution is 2.04. The van der Waals surface area contributed by atoms with Crippen LogP contribution in [0.3, 0.4) is 0 Å². The molecule has 1 unspecified atom stereocenters. The smallest absolute Gasteiger partial charge is 0.268 e. The van der Waals surface area contributed by atoms with Crippen molar-refractivity contribution < 1.29 is 19.4 Å². The third-order valence-corrected chi connectivity index (χ3v) is 2.26. The van der Waals surface area contributed by atoms with Gasteiger partial charge in [0.2, 0.25) is 0 Å². The van der Waals surface area contributed by atoms with Gasteiger partial charge in [-0.25, -0.2) is 0 Å². The molecule has 1 amide bonds. The molecule has 0 aromatic carbocycles. The van der Waals surface area contributed by atoms with Crippen LogP contribution in [0.2, 0.25) is 0 Å². The zero-order valence-electron chi connectivity index (χ0n) is 9.82. The summed E-state index contributed by atoms with van der Waals surface area (Å²) in [6.45, 7) is 1.44. The molecule has 0 fully saturated rings. The first-order chi connectivity index (χ1) is 8.08. The van der Waals surface area contributed by atoms with Crippen LogP contribution < -0.4 is 5.32 Å². The van der Waals surface area contributed by atoms with Gasteiger partial charge in [-0.3, -0.25) is 9.59 Å². The van der Waals surface area contributed by atoms with E-state index in [1.54, 1.807) is 0 Å². The van der Waals surface area contributed by atoms with Crippen molar-refractivity contribution in [1.29, 1.82) is 0 Å². The van der Waals surface area contributed by atoms with E-state index >= 15 is 0 Å². The van der Waals surface area contributed by atoms with E-state index in [2.05, 4.69) is 10.3 Å². The number of hydrogen-bond acceptors (Lipinski definition) is 4. The molecule has 0 aliphatic rings. The van der Waals surface area contributed by atoms with Crippen molar-refractivity contribution in [3.05, 3.63) is 23.5 Å². The molecular weight excluding hydrogens is 224 g/mol. The number of H-pyrrole nitrogens is 1. The van der Waals surface area contributed by atoms with Gasteiger partial charge >= 0.3 is 0 Å². The number of ether oxygens (including phenoxy) is 1. The lowest BCUT2D eigenvalue weighted by molar-refractivity contribution is 0.0835. The van der Waals surface area contributed by atoms with Crippen LogP contribution >= 0.6 is 0 Å². The molecule has 94 valence electrons. The Bertz CT molecular complexity index is 400. The molecule has 1 aromatic rings. The predicted molar refractivity (Wildman–Crippen MR) is 61.0 cm³/mol. The SMILES string of the molecule is COCC(CO)NC(=O)c1cc(C(C)=O)c[nH]1. The second-order valence-electron chi connectivity index (χ2n) is 3.67. The minimum Gasteiger partial charge on any atom is -0.394 e. The maximum Gasteiger partial charge on any atom is 0.268 e. The summed E-state index contributed by atoms with van der Waals surface area (Å²) in [5.41, 5.74) is 0.729. The van der Waals surface area contributed by atoms with Crippen molar-refractivity contribution in [2.45, 2.75) is 13.0 Å². The first kappa shape index (κ1) is 13.4. The van der Waals surface area contributed by atoms with Crippen LogP contribution in [0, 0.1) is 0 Å². The summed E-state index contributed by atoms with van der Waals surface area (Å²) >= 11 is 0. The van der Waals surface area contributed by atoms with Gasteiger partial charge in [0.25, 0.3) is 5.91 Å². The van der Waals surface area contributed by atoms with E-state index in [0.717, 1.165) is 0 Å². The number of nitrogens with one attached hydrogen (secondary N) is 2. The summed E-state index contributed by atoms with van der Waals surface area (Å²) in [6.07, 6.45) is 1.47. The Balaban J connectivity index is 2.65. The number of aliphatic hydroxyl groups excluding tert-OH is 1. The van der Waals surface area contributed by atoms with Crippen LogP contribution in [0.25, 0.3) is 0 Å². The molecule has 0 spiro atoms. The van der Waals surface area contributed by atoms with Gasteiger partial charge in [-0.1, -0.05) is 0 Å². The Morgan fingerprint density at radius 3 is 2.76 bits per heavy atom. The van der Waals surface area contributed by atoms with E-state index in [9.17, 15) is 9.59 Å². The first-order valence-corrected chi connectivity index (χ1v) is 5.18. The van der Waals surface area contributed by atoms with E-state index in [0.29, 0.717) is 5.56 Å². The van der Waals surface area contributed by atoms with Crippen molar-refractivity contribution in [3.8, 4) is 0 Å². The van der Waals surface area contributed by atoms with E-state index in [1.807, 2.05) is 0 Å². The van der Waals surface area contributed by atoms with Gasteiger partial charge < -0.3 is 20.1 Å². The number of hydrogen-bond donors (Lipinski definition) is 3. The molecule has 0 bridgehead atoms. The minimum atomic E-state index is -0.462. The van der Waals surface area contributed by atoms with Crippen molar-refractivity contribution in [1.82, 2.24) is 10.3 Å². The van der Waals surface area contributed by atoms with Crippen molar-refractivity contribution in [2.75, 3.05) is 20.3 Å². The largest absolute Gasteiger partial charge is 0.394 e. The molecule has 3 N–H and O–H groups in total. The van der Waals surface area contributed by atoms with E-state index < -0.39 is 6.04 Å². The molecule has 0 aliphatic carbocycles. The van der Waals surface area contributed by atoms with Gasteiger partial charge in [0.05, 0.1) is 19.3 Å². The Morgan fingerprint density at radius 2 is 2.29 bits per heavy atom. The molecule has 17 heavy (non-hydrogen) atoms. The molecule has 1 atom stereocenters. The Labute approximate surface area is 99.0 Å². The van der Waals surface area contributed by atoms with Gasteiger partial charge in [-0.05, 0) is 13.0 Å². The molecule has 0 radical (unpaired) electrons. The number of aromatic nitrogens is 1. The van der Waals surface area contributed by atoms with Gasteiger partial charge in [-0.15, -0.1) is 0 Å². The lowest BCUT2D eigenvalue weighted by atomic mass is 10.2. The molecule has 0 aliphatic heterocycles. The fourth-order valence-electron chi connectivity index (χ4n) is 1.33. The van der Waals surface area contributed by atoms with E-state index in [1.165, 1.54) is 26.3 Å². The van der Waals surface area contributed by atoms with Crippen LogP contribution in [-0.2, 0) is 4.74 Å². The number of carbonyl (C=O) groups is 2. The maximum atomic E-state index is 11.7. The highest BCUT2D eigenvalue weighted by atomic mass is 16.5. The summed E-state index contributed by atoms with van der Waals surface area (Å²) in [7, 11) is 1.48. The molecule has 0 saturated heterocycles. The monoisotopic (exact) mass is 240 g/mol. The third kappa shape index (κ3) is 3.69. The number of Topliss-reactive ketones (excluding diaryl/α,β-unsaturated/α-hetero) is 1. The predicted octanol–water partition coefficient (Wildman–Crippen LogP) is -0.0456. The van der Waals surface area contributed by atoms with Crippen molar-refractivity contribution in [2.24, 2.45) is 0 Å². The summed E-state index contributed by atoms with van der Waals surface area (Å²) in [6, 6.07) is 1.01. The number of methoxy groups -OCH3 is 1. The van der Waals surface area contributed by atoms with Gasteiger partial charge in [0, 0.05) is 18.9 Å². The van der Waals surface area contributed by atoms with Gasteiger partial charge in [0.1, 0.15) is 5.69 Å². The number of aliphatic hydroxyl groups is 1. The molecule has 6 nitrogen and oxygen atoms in total. The Kier molecular flexibility index (Phi) is 4.86.